The highest BCUT2D eigenvalue weighted by Crippen LogP contribution is 2.34. The van der Waals surface area contributed by atoms with Crippen LogP contribution in [0.25, 0.3) is 0 Å². The van der Waals surface area contributed by atoms with Gasteiger partial charge in [0.05, 0.1) is 6.20 Å². The van der Waals surface area contributed by atoms with Gasteiger partial charge in [-0.15, -0.1) is 0 Å². The number of halogens is 2. The van der Waals surface area contributed by atoms with Crippen molar-refractivity contribution in [3.8, 4) is 0 Å². The summed E-state index contributed by atoms with van der Waals surface area (Å²) in [7, 11) is 0. The molecule has 2 amide bonds. The molecule has 0 N–H and O–H groups in total. The minimum Gasteiger partial charge on any atom is -0.446 e. The van der Waals surface area contributed by atoms with E-state index in [1.165, 1.54) is 36.5 Å². The van der Waals surface area contributed by atoms with Crippen LogP contribution in [0.1, 0.15) is 35.1 Å². The molecule has 4 rings (SSSR count). The molecule has 0 aliphatic carbocycles. The molecule has 1 fully saturated rings. The Morgan fingerprint density at radius 3 is 2.53 bits per heavy atom. The zero-order valence-electron chi connectivity index (χ0n) is 15.9. The molecule has 1 aromatic heterocycles. The molecule has 1 saturated heterocycles. The number of cyclic esters (lactones) is 1. The second kappa shape index (κ2) is 8.41. The van der Waals surface area contributed by atoms with Gasteiger partial charge >= 0.3 is 6.09 Å². The van der Waals surface area contributed by atoms with Crippen LogP contribution in [0.2, 0.25) is 0 Å². The second-order valence-corrected chi connectivity index (χ2v) is 6.97. The number of benzene rings is 2. The number of imide groups is 1. The Hall–Kier alpha value is -3.61. The number of rotatable bonds is 5. The van der Waals surface area contributed by atoms with Crippen LogP contribution < -0.4 is 0 Å². The molecule has 0 spiro atoms. The molecule has 2 heterocycles. The van der Waals surface area contributed by atoms with Crippen LogP contribution in [-0.2, 0) is 9.53 Å². The van der Waals surface area contributed by atoms with Crippen molar-refractivity contribution in [2.75, 3.05) is 6.61 Å². The van der Waals surface area contributed by atoms with Crippen LogP contribution >= 0.6 is 0 Å². The van der Waals surface area contributed by atoms with E-state index in [0.29, 0.717) is 5.56 Å². The summed E-state index contributed by atoms with van der Waals surface area (Å²) in [4.78, 5) is 30.3. The van der Waals surface area contributed by atoms with Crippen molar-refractivity contribution in [2.45, 2.75) is 18.4 Å². The van der Waals surface area contributed by atoms with E-state index in [9.17, 15) is 18.4 Å². The number of nitrogens with zero attached hydrogens (tertiary/aromatic N) is 2. The number of pyridine rings is 1. The second-order valence-electron chi connectivity index (χ2n) is 6.97. The Kier molecular flexibility index (Phi) is 5.52. The topological polar surface area (TPSA) is 59.5 Å². The number of amides is 2. The molecule has 3 aromatic rings. The fourth-order valence-electron chi connectivity index (χ4n) is 3.66. The minimum absolute atomic E-state index is 0.0550. The van der Waals surface area contributed by atoms with Gasteiger partial charge in [0.25, 0.3) is 0 Å². The largest absolute Gasteiger partial charge is 0.446 e. The van der Waals surface area contributed by atoms with E-state index in [-0.39, 0.29) is 18.6 Å². The lowest BCUT2D eigenvalue weighted by Gasteiger charge is -2.24. The molecule has 2 aromatic carbocycles. The maximum atomic E-state index is 14.5. The predicted octanol–water partition coefficient (Wildman–Crippen LogP) is 4.60. The van der Waals surface area contributed by atoms with Gasteiger partial charge in [0.2, 0.25) is 5.91 Å². The normalized spacial score (nSPS) is 16.9. The summed E-state index contributed by atoms with van der Waals surface area (Å²) in [6.45, 7) is 0.0550. The number of aromatic nitrogens is 1. The van der Waals surface area contributed by atoms with Gasteiger partial charge in [0.15, 0.2) is 0 Å². The fourth-order valence-corrected chi connectivity index (χ4v) is 3.66. The van der Waals surface area contributed by atoms with Gasteiger partial charge in [-0.05, 0) is 34.9 Å². The van der Waals surface area contributed by atoms with Gasteiger partial charge in [0, 0.05) is 18.5 Å². The standard InChI is InChI=1S/C23H18F2N2O3/c24-17-8-6-15(7-9-17)19(18-10-11-26-13-20(18)25)12-22(28)27-21(14-30-23(27)29)16-4-2-1-3-5-16/h1-11,13,19,21H,12,14H2/t19?,21-/m0/s1. The molecule has 0 radical (unpaired) electrons. The summed E-state index contributed by atoms with van der Waals surface area (Å²) >= 11 is 0. The highest BCUT2D eigenvalue weighted by atomic mass is 19.1. The third-order valence-electron chi connectivity index (χ3n) is 5.16. The van der Waals surface area contributed by atoms with E-state index in [2.05, 4.69) is 4.98 Å². The van der Waals surface area contributed by atoms with Crippen LogP contribution in [0.4, 0.5) is 13.6 Å². The summed E-state index contributed by atoms with van der Waals surface area (Å²) in [5.41, 5.74) is 1.57. The number of carbonyl (C=O) groups excluding carboxylic acids is 2. The Morgan fingerprint density at radius 1 is 1.10 bits per heavy atom. The molecule has 7 heteroatoms. The Labute approximate surface area is 171 Å². The molecular formula is C23H18F2N2O3. The van der Waals surface area contributed by atoms with Gasteiger partial charge in [-0.25, -0.2) is 18.5 Å². The molecule has 1 unspecified atom stereocenters. The number of carbonyl (C=O) groups is 2. The molecule has 0 saturated carbocycles. The SMILES string of the molecule is O=C(CC(c1ccc(F)cc1)c1ccncc1F)N1C(=O)OC[C@H]1c1ccccc1. The van der Waals surface area contributed by atoms with Crippen LogP contribution in [0.5, 0.6) is 0 Å². The smallest absolute Gasteiger partial charge is 0.417 e. The van der Waals surface area contributed by atoms with E-state index >= 15 is 0 Å². The van der Waals surface area contributed by atoms with Crippen molar-refractivity contribution in [3.05, 3.63) is 101 Å². The lowest BCUT2D eigenvalue weighted by Crippen LogP contribution is -2.35. The van der Waals surface area contributed by atoms with Gasteiger partial charge in [0.1, 0.15) is 24.3 Å². The van der Waals surface area contributed by atoms with E-state index < -0.39 is 35.6 Å². The molecule has 1 aliphatic rings. The summed E-state index contributed by atoms with van der Waals surface area (Å²) < 4.78 is 33.0. The van der Waals surface area contributed by atoms with Crippen LogP contribution in [0, 0.1) is 11.6 Å². The van der Waals surface area contributed by atoms with Crippen molar-refractivity contribution in [1.29, 1.82) is 0 Å². The average Bonchev–Trinajstić information content (AvgIpc) is 3.15. The van der Waals surface area contributed by atoms with Crippen molar-refractivity contribution >= 4 is 12.0 Å². The van der Waals surface area contributed by atoms with E-state index in [1.54, 1.807) is 0 Å². The first kappa shape index (κ1) is 19.7. The monoisotopic (exact) mass is 408 g/mol. The number of ether oxygens (including phenoxy) is 1. The molecule has 0 bridgehead atoms. The summed E-state index contributed by atoms with van der Waals surface area (Å²) in [6, 6.07) is 15.5. The van der Waals surface area contributed by atoms with Crippen LogP contribution in [-0.4, -0.2) is 28.5 Å². The average molecular weight is 408 g/mol. The first-order chi connectivity index (χ1) is 14.5. The first-order valence-corrected chi connectivity index (χ1v) is 9.43. The molecule has 5 nitrogen and oxygen atoms in total. The van der Waals surface area contributed by atoms with Gasteiger partial charge in [-0.1, -0.05) is 42.5 Å². The lowest BCUT2D eigenvalue weighted by atomic mass is 9.88. The predicted molar refractivity (Wildman–Crippen MR) is 104 cm³/mol. The maximum Gasteiger partial charge on any atom is 0.417 e. The zero-order valence-corrected chi connectivity index (χ0v) is 15.9. The highest BCUT2D eigenvalue weighted by Gasteiger charge is 2.39. The van der Waals surface area contributed by atoms with Crippen LogP contribution in [0.3, 0.4) is 0 Å². The van der Waals surface area contributed by atoms with Crippen LogP contribution in [0.15, 0.2) is 73.1 Å². The summed E-state index contributed by atoms with van der Waals surface area (Å²) in [5.74, 6) is -2.24. The summed E-state index contributed by atoms with van der Waals surface area (Å²) in [5, 5.41) is 0. The molecule has 152 valence electrons. The maximum absolute atomic E-state index is 14.5. The molecule has 2 atom stereocenters. The van der Waals surface area contributed by atoms with Crippen molar-refractivity contribution in [2.24, 2.45) is 0 Å². The van der Waals surface area contributed by atoms with Crippen molar-refractivity contribution in [1.82, 2.24) is 9.88 Å². The summed E-state index contributed by atoms with van der Waals surface area (Å²) in [6.07, 6.45) is 1.57. The minimum atomic E-state index is -0.734. The first-order valence-electron chi connectivity index (χ1n) is 9.43. The zero-order chi connectivity index (χ0) is 21.1. The number of hydrogen-bond acceptors (Lipinski definition) is 4. The quantitative estimate of drug-likeness (QED) is 0.619. The Bertz CT molecular complexity index is 1060. The molecule has 30 heavy (non-hydrogen) atoms. The molecular weight excluding hydrogens is 390 g/mol. The Morgan fingerprint density at radius 2 is 1.83 bits per heavy atom. The lowest BCUT2D eigenvalue weighted by molar-refractivity contribution is -0.129. The molecule has 1 aliphatic heterocycles. The van der Waals surface area contributed by atoms with E-state index in [4.69, 9.17) is 4.74 Å². The number of hydrogen-bond donors (Lipinski definition) is 0. The highest BCUT2D eigenvalue weighted by molar-refractivity contribution is 5.94. The van der Waals surface area contributed by atoms with Crippen molar-refractivity contribution < 1.29 is 23.1 Å². The van der Waals surface area contributed by atoms with Gasteiger partial charge < -0.3 is 4.74 Å². The van der Waals surface area contributed by atoms with E-state index in [1.807, 2.05) is 30.3 Å². The third kappa shape index (κ3) is 3.91. The van der Waals surface area contributed by atoms with E-state index in [0.717, 1.165) is 16.7 Å². The Balaban J connectivity index is 1.67. The van der Waals surface area contributed by atoms with Gasteiger partial charge in [-0.2, -0.15) is 0 Å². The van der Waals surface area contributed by atoms with Gasteiger partial charge in [-0.3, -0.25) is 9.78 Å². The third-order valence-corrected chi connectivity index (χ3v) is 5.16. The van der Waals surface area contributed by atoms with Crippen molar-refractivity contribution in [3.63, 3.8) is 0 Å². The fraction of sp³-hybridized carbons (Fsp3) is 0.174.